The summed E-state index contributed by atoms with van der Waals surface area (Å²) in [5.74, 6) is -0.287. The fraction of sp³-hybridized carbons (Fsp3) is 0.957. The third-order valence-electron chi connectivity index (χ3n) is 5.10. The summed E-state index contributed by atoms with van der Waals surface area (Å²) in [7, 11) is 1.79. The van der Waals surface area contributed by atoms with Gasteiger partial charge in [0.05, 0.1) is 27.7 Å². The highest BCUT2D eigenvalue weighted by Crippen LogP contribution is 2.42. The second-order valence-corrected chi connectivity index (χ2v) is 10.8. The second kappa shape index (κ2) is 19.0. The Kier molecular flexibility index (Phi) is 18.8. The summed E-state index contributed by atoms with van der Waals surface area (Å²) in [5.41, 5.74) is 0. The summed E-state index contributed by atoms with van der Waals surface area (Å²) in [5, 5.41) is 0. The fourth-order valence-corrected chi connectivity index (χ4v) is 3.83. The first kappa shape index (κ1) is 30.5. The molecule has 186 valence electrons. The monoisotopic (exact) mass is 466 g/mol. The topological polar surface area (TPSA) is 82.1 Å². The van der Waals surface area contributed by atoms with Gasteiger partial charge in [0.15, 0.2) is 0 Å². The maximum absolute atomic E-state index is 11.7. The van der Waals surface area contributed by atoms with Gasteiger partial charge in [-0.3, -0.25) is 13.8 Å². The number of phosphoric ester groups is 1. The number of hydrogen-bond acceptors (Lipinski definition) is 5. The quantitative estimate of drug-likeness (QED) is 0.0933. The average Bonchev–Trinajstić information content (AvgIpc) is 2.67. The van der Waals surface area contributed by atoms with Gasteiger partial charge in [0.2, 0.25) is 0 Å². The third kappa shape index (κ3) is 24.0. The summed E-state index contributed by atoms with van der Waals surface area (Å²) in [6, 6.07) is 0. The minimum atomic E-state index is -4.09. The molecule has 0 rings (SSSR count). The number of esters is 1. The van der Waals surface area contributed by atoms with Gasteiger partial charge in [-0.15, -0.1) is 0 Å². The normalized spacial score (nSPS) is 13.8. The molecule has 1 atom stereocenters. The first-order chi connectivity index (χ1) is 14.7. The fourth-order valence-electron chi connectivity index (χ4n) is 3.13. The lowest BCUT2D eigenvalue weighted by Crippen LogP contribution is -2.37. The minimum absolute atomic E-state index is 0.0411. The highest BCUT2D eigenvalue weighted by Gasteiger charge is 2.22. The maximum Gasteiger partial charge on any atom is 0.472 e. The van der Waals surface area contributed by atoms with Gasteiger partial charge < -0.3 is 14.1 Å². The molecule has 8 heteroatoms. The van der Waals surface area contributed by atoms with Crippen LogP contribution >= 0.6 is 7.82 Å². The average molecular weight is 467 g/mol. The number of unbranched alkanes of at least 4 members (excludes halogenated alkanes) is 12. The molecule has 0 aromatic carbocycles. The van der Waals surface area contributed by atoms with Crippen LogP contribution in [0.5, 0.6) is 0 Å². The SMILES string of the molecule is CCCCCCCCCCCCCCCC(=O)OCCOP(=O)(O)OCC[N+](C)(C)C. The first-order valence-corrected chi connectivity index (χ1v) is 13.7. The lowest BCUT2D eigenvalue weighted by atomic mass is 10.0. The molecule has 0 saturated carbocycles. The number of likely N-dealkylation sites (N-methyl/N-ethyl adjacent to an activating group) is 1. The zero-order chi connectivity index (χ0) is 23.4. The van der Waals surface area contributed by atoms with Crippen LogP contribution in [0.25, 0.3) is 0 Å². The summed E-state index contributed by atoms with van der Waals surface area (Å²) in [4.78, 5) is 21.3. The molecule has 1 unspecified atom stereocenters. The number of hydrogen-bond donors (Lipinski definition) is 1. The van der Waals surface area contributed by atoms with Gasteiger partial charge in [-0.2, -0.15) is 0 Å². The molecular formula is C23H49NO6P+. The largest absolute Gasteiger partial charge is 0.472 e. The molecule has 1 N–H and O–H groups in total. The van der Waals surface area contributed by atoms with Crippen molar-refractivity contribution < 1.29 is 32.5 Å². The van der Waals surface area contributed by atoms with Gasteiger partial charge in [-0.05, 0) is 6.42 Å². The zero-order valence-electron chi connectivity index (χ0n) is 20.6. The highest BCUT2D eigenvalue weighted by atomic mass is 31.2. The van der Waals surface area contributed by atoms with E-state index in [1.54, 1.807) is 0 Å². The van der Waals surface area contributed by atoms with Crippen molar-refractivity contribution in [2.45, 2.75) is 96.8 Å². The maximum atomic E-state index is 11.7. The Morgan fingerprint density at radius 1 is 0.742 bits per heavy atom. The molecule has 31 heavy (non-hydrogen) atoms. The Balaban J connectivity index is 3.44. The molecule has 0 heterocycles. The second-order valence-electron chi connectivity index (χ2n) is 9.36. The van der Waals surface area contributed by atoms with Gasteiger partial charge in [0.25, 0.3) is 0 Å². The molecule has 0 amide bonds. The predicted molar refractivity (Wildman–Crippen MR) is 126 cm³/mol. The molecule has 0 radical (unpaired) electrons. The van der Waals surface area contributed by atoms with Crippen molar-refractivity contribution in [1.29, 1.82) is 0 Å². The Morgan fingerprint density at radius 3 is 1.68 bits per heavy atom. The van der Waals surface area contributed by atoms with E-state index >= 15 is 0 Å². The molecule has 0 aliphatic rings. The van der Waals surface area contributed by atoms with Crippen molar-refractivity contribution in [2.75, 3.05) is 47.5 Å². The van der Waals surface area contributed by atoms with Crippen LogP contribution in [-0.4, -0.2) is 62.9 Å². The number of ether oxygens (including phenoxy) is 1. The van der Waals surface area contributed by atoms with Crippen LogP contribution in [0.15, 0.2) is 0 Å². The van der Waals surface area contributed by atoms with Crippen molar-refractivity contribution >= 4 is 13.8 Å². The van der Waals surface area contributed by atoms with Gasteiger partial charge in [0.1, 0.15) is 19.8 Å². The van der Waals surface area contributed by atoms with Crippen LogP contribution < -0.4 is 0 Å². The summed E-state index contributed by atoms with van der Waals surface area (Å²) >= 11 is 0. The van der Waals surface area contributed by atoms with E-state index in [1.165, 1.54) is 64.2 Å². The number of rotatable bonds is 22. The number of quaternary nitrogens is 1. The van der Waals surface area contributed by atoms with E-state index in [-0.39, 0.29) is 25.8 Å². The number of nitrogens with zero attached hydrogens (tertiary/aromatic N) is 1. The van der Waals surface area contributed by atoms with Gasteiger partial charge in [-0.1, -0.05) is 84.0 Å². The van der Waals surface area contributed by atoms with E-state index in [1.807, 2.05) is 21.1 Å². The number of carbonyl (C=O) groups excluding carboxylic acids is 1. The molecule has 0 aliphatic carbocycles. The van der Waals surface area contributed by atoms with E-state index in [2.05, 4.69) is 6.92 Å². The van der Waals surface area contributed by atoms with Crippen LogP contribution in [-0.2, 0) is 23.1 Å². The van der Waals surface area contributed by atoms with Gasteiger partial charge >= 0.3 is 13.8 Å². The Hall–Kier alpha value is -0.460. The van der Waals surface area contributed by atoms with E-state index < -0.39 is 7.82 Å². The minimum Gasteiger partial charge on any atom is -0.463 e. The lowest BCUT2D eigenvalue weighted by molar-refractivity contribution is -0.870. The Labute approximate surface area is 191 Å². The van der Waals surface area contributed by atoms with E-state index in [0.29, 0.717) is 17.4 Å². The van der Waals surface area contributed by atoms with Crippen LogP contribution in [0, 0.1) is 0 Å². The molecule has 0 bridgehead atoms. The van der Waals surface area contributed by atoms with Gasteiger partial charge in [0, 0.05) is 6.42 Å². The van der Waals surface area contributed by atoms with Crippen molar-refractivity contribution in [3.8, 4) is 0 Å². The molecular weight excluding hydrogens is 417 g/mol. The molecule has 0 saturated heterocycles. The van der Waals surface area contributed by atoms with E-state index in [9.17, 15) is 14.3 Å². The summed E-state index contributed by atoms with van der Waals surface area (Å²) in [6.45, 7) is 2.77. The smallest absolute Gasteiger partial charge is 0.463 e. The van der Waals surface area contributed by atoms with Crippen LogP contribution in [0.3, 0.4) is 0 Å². The van der Waals surface area contributed by atoms with Crippen molar-refractivity contribution in [3.63, 3.8) is 0 Å². The number of carbonyl (C=O) groups is 1. The Bertz CT molecular complexity index is 481. The summed E-state index contributed by atoms with van der Waals surface area (Å²) in [6.07, 6.45) is 16.8. The first-order valence-electron chi connectivity index (χ1n) is 12.2. The third-order valence-corrected chi connectivity index (χ3v) is 6.12. The van der Waals surface area contributed by atoms with Crippen LogP contribution in [0.2, 0.25) is 0 Å². The van der Waals surface area contributed by atoms with Crippen molar-refractivity contribution in [1.82, 2.24) is 0 Å². The molecule has 7 nitrogen and oxygen atoms in total. The molecule has 0 aliphatic heterocycles. The standard InChI is InChI=1S/C23H48NO6P/c1-5-6-7-8-9-10-11-12-13-14-15-16-17-18-23(25)28-21-22-30-31(26,27)29-20-19-24(2,3)4/h5-22H2,1-4H3/p+1. The molecule has 0 aromatic heterocycles. The molecule has 0 spiro atoms. The number of phosphoric acid groups is 1. The summed E-state index contributed by atoms with van der Waals surface area (Å²) < 4.78 is 27.1. The lowest BCUT2D eigenvalue weighted by Gasteiger charge is -2.23. The van der Waals surface area contributed by atoms with Crippen LogP contribution in [0.4, 0.5) is 0 Å². The highest BCUT2D eigenvalue weighted by molar-refractivity contribution is 7.47. The van der Waals surface area contributed by atoms with Crippen LogP contribution in [0.1, 0.15) is 96.8 Å². The van der Waals surface area contributed by atoms with Crippen molar-refractivity contribution in [3.05, 3.63) is 0 Å². The zero-order valence-corrected chi connectivity index (χ0v) is 21.5. The molecule has 0 aromatic rings. The molecule has 0 fully saturated rings. The van der Waals surface area contributed by atoms with E-state index in [4.69, 9.17) is 13.8 Å². The Morgan fingerprint density at radius 2 is 1.19 bits per heavy atom. The van der Waals surface area contributed by atoms with Gasteiger partial charge in [-0.25, -0.2) is 4.57 Å². The van der Waals surface area contributed by atoms with Crippen molar-refractivity contribution in [2.24, 2.45) is 0 Å². The predicted octanol–water partition coefficient (Wildman–Crippen LogP) is 5.85. The van der Waals surface area contributed by atoms with E-state index in [0.717, 1.165) is 19.3 Å².